The summed E-state index contributed by atoms with van der Waals surface area (Å²) in [5.41, 5.74) is -0.00922. The summed E-state index contributed by atoms with van der Waals surface area (Å²) in [4.78, 5) is 9.92. The van der Waals surface area contributed by atoms with Crippen molar-refractivity contribution in [1.82, 2.24) is 9.78 Å². The van der Waals surface area contributed by atoms with Crippen molar-refractivity contribution in [3.05, 3.63) is 22.5 Å². The lowest BCUT2D eigenvalue weighted by Crippen LogP contribution is -2.10. The van der Waals surface area contributed by atoms with E-state index < -0.39 is 15.0 Å². The maximum atomic E-state index is 10.4. The zero-order valence-corrected chi connectivity index (χ0v) is 10.6. The Morgan fingerprint density at radius 2 is 2.25 bits per heavy atom. The SMILES string of the molecule is CS(C)(C)CCOCn1cc([N+](=O)[O-])cn1. The van der Waals surface area contributed by atoms with E-state index in [2.05, 4.69) is 23.9 Å². The molecule has 0 atom stereocenters. The van der Waals surface area contributed by atoms with Gasteiger partial charge in [-0.2, -0.15) is 5.10 Å². The molecule has 6 nitrogen and oxygen atoms in total. The second-order valence-electron chi connectivity index (χ2n) is 4.33. The van der Waals surface area contributed by atoms with Crippen molar-refractivity contribution in [2.45, 2.75) is 6.73 Å². The molecule has 7 heteroatoms. The van der Waals surface area contributed by atoms with Crippen LogP contribution in [0.25, 0.3) is 0 Å². The molecule has 0 saturated carbocycles. The molecule has 0 aliphatic carbocycles. The van der Waals surface area contributed by atoms with E-state index in [-0.39, 0.29) is 12.4 Å². The predicted molar refractivity (Wildman–Crippen MR) is 65.1 cm³/mol. The third-order valence-electron chi connectivity index (χ3n) is 1.89. The van der Waals surface area contributed by atoms with E-state index in [1.807, 2.05) is 0 Å². The van der Waals surface area contributed by atoms with Crippen molar-refractivity contribution in [2.24, 2.45) is 0 Å². The number of aromatic nitrogens is 2. The van der Waals surface area contributed by atoms with Crippen LogP contribution in [-0.4, -0.2) is 45.8 Å². The molecular formula is C9H17N3O3S. The molecule has 0 spiro atoms. The lowest BCUT2D eigenvalue weighted by molar-refractivity contribution is -0.385. The quantitative estimate of drug-likeness (QED) is 0.433. The van der Waals surface area contributed by atoms with Gasteiger partial charge in [0.2, 0.25) is 0 Å². The Labute approximate surface area is 96.1 Å². The summed E-state index contributed by atoms with van der Waals surface area (Å²) in [6, 6.07) is 0. The smallest absolute Gasteiger partial charge is 0.307 e. The molecule has 1 aromatic heterocycles. The van der Waals surface area contributed by atoms with Gasteiger partial charge < -0.3 is 4.74 Å². The van der Waals surface area contributed by atoms with E-state index in [9.17, 15) is 10.1 Å². The van der Waals surface area contributed by atoms with Crippen molar-refractivity contribution >= 4 is 15.7 Å². The summed E-state index contributed by atoms with van der Waals surface area (Å²) >= 11 is 0. The number of hydrogen-bond donors (Lipinski definition) is 0. The van der Waals surface area contributed by atoms with Gasteiger partial charge in [-0.05, 0) is 18.8 Å². The van der Waals surface area contributed by atoms with Gasteiger partial charge in [0.1, 0.15) is 19.1 Å². The Balaban J connectivity index is 2.30. The summed E-state index contributed by atoms with van der Waals surface area (Å²) in [6.07, 6.45) is 9.24. The van der Waals surface area contributed by atoms with Crippen LogP contribution in [-0.2, 0) is 11.5 Å². The molecule has 0 saturated heterocycles. The lowest BCUT2D eigenvalue weighted by atomic mass is 10.6. The second kappa shape index (κ2) is 5.31. The van der Waals surface area contributed by atoms with Crippen LogP contribution in [0.2, 0.25) is 0 Å². The average molecular weight is 247 g/mol. The van der Waals surface area contributed by atoms with Gasteiger partial charge in [-0.15, -0.1) is 0 Å². The van der Waals surface area contributed by atoms with Crippen molar-refractivity contribution in [1.29, 1.82) is 0 Å². The Kier molecular flexibility index (Phi) is 4.31. The average Bonchev–Trinajstić information content (AvgIpc) is 2.59. The van der Waals surface area contributed by atoms with Crippen LogP contribution in [0.4, 0.5) is 5.69 Å². The third kappa shape index (κ3) is 4.63. The van der Waals surface area contributed by atoms with Crippen molar-refractivity contribution in [3.8, 4) is 0 Å². The highest BCUT2D eigenvalue weighted by Gasteiger charge is 2.08. The molecule has 1 rings (SSSR count). The Morgan fingerprint density at radius 3 is 2.75 bits per heavy atom. The van der Waals surface area contributed by atoms with E-state index in [0.29, 0.717) is 6.61 Å². The van der Waals surface area contributed by atoms with Gasteiger partial charge >= 0.3 is 5.69 Å². The molecule has 16 heavy (non-hydrogen) atoms. The highest BCUT2D eigenvalue weighted by atomic mass is 32.3. The van der Waals surface area contributed by atoms with E-state index >= 15 is 0 Å². The predicted octanol–water partition coefficient (Wildman–Crippen LogP) is 1.46. The maximum Gasteiger partial charge on any atom is 0.307 e. The standard InChI is InChI=1S/C9H17N3O3S/c1-16(2,3)5-4-15-8-11-7-9(6-10-11)12(13)14/h6-7H,4-5,8H2,1-3H3. The molecule has 0 aromatic carbocycles. The molecule has 0 aliphatic heterocycles. The zero-order chi connectivity index (χ0) is 12.2. The molecule has 1 aromatic rings. The number of nitro groups is 1. The number of nitrogens with zero attached hydrogens (tertiary/aromatic N) is 3. The van der Waals surface area contributed by atoms with Crippen LogP contribution in [0, 0.1) is 10.1 Å². The largest absolute Gasteiger partial charge is 0.358 e. The van der Waals surface area contributed by atoms with Crippen LogP contribution in [0.5, 0.6) is 0 Å². The highest BCUT2D eigenvalue weighted by Crippen LogP contribution is 2.33. The molecular weight excluding hydrogens is 230 g/mol. The summed E-state index contributed by atoms with van der Waals surface area (Å²) < 4.78 is 6.81. The number of hydrogen-bond acceptors (Lipinski definition) is 4. The molecule has 0 N–H and O–H groups in total. The maximum absolute atomic E-state index is 10.4. The van der Waals surface area contributed by atoms with Gasteiger partial charge in [0.15, 0.2) is 0 Å². The van der Waals surface area contributed by atoms with Crippen LogP contribution >= 0.6 is 10.0 Å². The first-order valence-electron chi connectivity index (χ1n) is 4.79. The number of ether oxygens (including phenoxy) is 1. The van der Waals surface area contributed by atoms with Crippen LogP contribution in [0.3, 0.4) is 0 Å². The first kappa shape index (κ1) is 13.0. The van der Waals surface area contributed by atoms with E-state index in [4.69, 9.17) is 4.74 Å². The van der Waals surface area contributed by atoms with Crippen LogP contribution < -0.4 is 0 Å². The third-order valence-corrected chi connectivity index (χ3v) is 3.29. The Hall–Kier alpha value is -1.08. The second-order valence-corrected chi connectivity index (χ2v) is 8.92. The monoisotopic (exact) mass is 247 g/mol. The molecule has 0 fully saturated rings. The van der Waals surface area contributed by atoms with Gasteiger partial charge in [-0.1, -0.05) is 0 Å². The minimum atomic E-state index is -0.550. The molecule has 0 unspecified atom stereocenters. The number of rotatable bonds is 6. The summed E-state index contributed by atoms with van der Waals surface area (Å²) in [5.74, 6) is 1.02. The fraction of sp³-hybridized carbons (Fsp3) is 0.667. The topological polar surface area (TPSA) is 70.2 Å². The molecule has 0 amide bonds. The normalized spacial score (nSPS) is 12.7. The van der Waals surface area contributed by atoms with Crippen molar-refractivity contribution in [3.63, 3.8) is 0 Å². The first-order valence-corrected chi connectivity index (χ1v) is 7.82. The van der Waals surface area contributed by atoms with Gasteiger partial charge in [-0.3, -0.25) is 10.1 Å². The van der Waals surface area contributed by atoms with Gasteiger partial charge in [0.25, 0.3) is 0 Å². The van der Waals surface area contributed by atoms with Gasteiger partial charge in [0.05, 0.1) is 11.5 Å². The lowest BCUT2D eigenvalue weighted by Gasteiger charge is -2.24. The van der Waals surface area contributed by atoms with Gasteiger partial charge in [-0.25, -0.2) is 14.7 Å². The van der Waals surface area contributed by atoms with Crippen molar-refractivity contribution < 1.29 is 9.66 Å². The van der Waals surface area contributed by atoms with Gasteiger partial charge in [0, 0.05) is 5.75 Å². The van der Waals surface area contributed by atoms with Crippen LogP contribution in [0.1, 0.15) is 0 Å². The molecule has 0 bridgehead atoms. The van der Waals surface area contributed by atoms with E-state index in [1.54, 1.807) is 0 Å². The Bertz CT molecular complexity index is 359. The summed E-state index contributed by atoms with van der Waals surface area (Å²) in [6.45, 7) is 0.926. The fourth-order valence-electron chi connectivity index (χ4n) is 0.985. The zero-order valence-electron chi connectivity index (χ0n) is 9.75. The van der Waals surface area contributed by atoms with E-state index in [1.165, 1.54) is 17.1 Å². The summed E-state index contributed by atoms with van der Waals surface area (Å²) in [7, 11) is -0.550. The van der Waals surface area contributed by atoms with Crippen molar-refractivity contribution in [2.75, 3.05) is 31.1 Å². The first-order chi connectivity index (χ1) is 7.38. The minimum absolute atomic E-state index is 0.00922. The molecule has 0 aliphatic rings. The van der Waals surface area contributed by atoms with E-state index in [0.717, 1.165) is 5.75 Å². The molecule has 1 heterocycles. The highest BCUT2D eigenvalue weighted by molar-refractivity contribution is 8.32. The minimum Gasteiger partial charge on any atom is -0.358 e. The van der Waals surface area contributed by atoms with Crippen LogP contribution in [0.15, 0.2) is 12.4 Å². The molecule has 0 radical (unpaired) electrons. The Morgan fingerprint density at radius 1 is 1.56 bits per heavy atom. The summed E-state index contributed by atoms with van der Waals surface area (Å²) in [5, 5.41) is 14.2. The molecule has 92 valence electrons. The fourth-order valence-corrected chi connectivity index (χ4v) is 1.60.